The van der Waals surface area contributed by atoms with E-state index in [1.54, 1.807) is 14.2 Å². The molecule has 0 aliphatic rings. The van der Waals surface area contributed by atoms with Crippen LogP contribution in [-0.2, 0) is 20.5 Å². The van der Waals surface area contributed by atoms with E-state index in [0.29, 0.717) is 13.2 Å². The fraction of sp³-hybridized carbons (Fsp3) is 0.579. The van der Waals surface area contributed by atoms with Crippen molar-refractivity contribution in [3.63, 3.8) is 0 Å². The van der Waals surface area contributed by atoms with Crippen molar-refractivity contribution in [2.45, 2.75) is 112 Å². The van der Waals surface area contributed by atoms with Gasteiger partial charge in [-0.15, -0.1) is 0 Å². The van der Waals surface area contributed by atoms with Gasteiger partial charge in [0.05, 0.1) is 38.6 Å². The van der Waals surface area contributed by atoms with E-state index in [0.717, 1.165) is 28.9 Å². The van der Waals surface area contributed by atoms with Gasteiger partial charge in [0.15, 0.2) is 8.32 Å². The molecule has 1 aromatic carbocycles. The molecule has 0 aliphatic heterocycles. The van der Waals surface area contributed by atoms with Crippen LogP contribution >= 0.6 is 22.6 Å². The second kappa shape index (κ2) is 20.0. The van der Waals surface area contributed by atoms with Crippen molar-refractivity contribution in [2.75, 3.05) is 20.8 Å². The predicted octanol–water partition coefficient (Wildman–Crippen LogP) is 10.4. The Labute approximate surface area is 290 Å². The van der Waals surface area contributed by atoms with Crippen LogP contribution in [0.3, 0.4) is 0 Å². The third kappa shape index (κ3) is 14.9. The summed E-state index contributed by atoms with van der Waals surface area (Å²) in [5.41, 5.74) is 5.77. The summed E-state index contributed by atoms with van der Waals surface area (Å²) in [5, 5.41) is 10.9. The Bertz CT molecular complexity index is 1170. The van der Waals surface area contributed by atoms with E-state index < -0.39 is 14.4 Å². The van der Waals surface area contributed by atoms with Gasteiger partial charge in [-0.05, 0) is 79.6 Å². The quantitative estimate of drug-likeness (QED) is 0.0532. The average molecular weight is 753 g/mol. The molecule has 5 nitrogen and oxygen atoms in total. The number of benzene rings is 1. The summed E-state index contributed by atoms with van der Waals surface area (Å²) in [4.78, 5) is 0. The lowest BCUT2D eigenvalue weighted by atomic mass is 9.93. The number of aliphatic hydroxyl groups excluding tert-OH is 1. The highest BCUT2D eigenvalue weighted by Crippen LogP contribution is 2.38. The van der Waals surface area contributed by atoms with E-state index in [1.165, 1.54) is 11.1 Å². The Morgan fingerprint density at radius 2 is 1.60 bits per heavy atom. The SMILES string of the molecule is COc1ccc(COCC/C(C)=C/[C@@H](O[Si](C)(C)C(C)(C)C)[C@@H](C)\C=C(C)/C=C(C)\C=C\[C@@H](O)[C@H](C)[C@H](OC)/C(C)=C/I)cc1. The lowest BCUT2D eigenvalue weighted by molar-refractivity contribution is 0.0333. The van der Waals surface area contributed by atoms with Crippen molar-refractivity contribution in [3.05, 3.63) is 86.6 Å². The zero-order valence-electron chi connectivity index (χ0n) is 30.2. The van der Waals surface area contributed by atoms with Crippen LogP contribution in [0.4, 0.5) is 0 Å². The molecule has 0 saturated heterocycles. The molecule has 0 radical (unpaired) electrons. The minimum atomic E-state index is -2.01. The third-order valence-corrected chi connectivity index (χ3v) is 14.2. The zero-order valence-corrected chi connectivity index (χ0v) is 33.4. The highest BCUT2D eigenvalue weighted by molar-refractivity contribution is 14.1. The topological polar surface area (TPSA) is 57.2 Å². The molecule has 0 spiro atoms. The van der Waals surface area contributed by atoms with Crippen LogP contribution in [0.1, 0.15) is 74.3 Å². The van der Waals surface area contributed by atoms with Crippen molar-refractivity contribution in [1.82, 2.24) is 0 Å². The lowest BCUT2D eigenvalue weighted by Gasteiger charge is -2.40. The Morgan fingerprint density at radius 1 is 0.978 bits per heavy atom. The number of ether oxygens (including phenoxy) is 3. The molecule has 1 aromatic rings. The zero-order chi connectivity index (χ0) is 34.4. The maximum absolute atomic E-state index is 10.8. The normalized spacial score (nSPS) is 17.8. The van der Waals surface area contributed by atoms with Crippen LogP contribution in [-0.4, -0.2) is 52.6 Å². The molecular weight excluding hydrogens is 691 g/mol. The fourth-order valence-electron chi connectivity index (χ4n) is 4.77. The van der Waals surface area contributed by atoms with E-state index in [-0.39, 0.29) is 29.1 Å². The molecule has 7 heteroatoms. The summed E-state index contributed by atoms with van der Waals surface area (Å²) in [6, 6.07) is 8.00. The summed E-state index contributed by atoms with van der Waals surface area (Å²) in [7, 11) is 1.35. The Hall–Kier alpha value is -1.49. The van der Waals surface area contributed by atoms with Crippen LogP contribution in [0.15, 0.2) is 81.0 Å². The summed E-state index contributed by atoms with van der Waals surface area (Å²) in [6.07, 6.45) is 10.7. The van der Waals surface area contributed by atoms with Crippen LogP contribution in [0.5, 0.6) is 5.75 Å². The molecule has 1 rings (SSSR count). The number of rotatable bonds is 18. The Balaban J connectivity index is 3.03. The molecule has 0 aliphatic carbocycles. The first kappa shape index (κ1) is 41.5. The van der Waals surface area contributed by atoms with Gasteiger partial charge in [-0.3, -0.25) is 0 Å². The molecule has 0 heterocycles. The van der Waals surface area contributed by atoms with Gasteiger partial charge < -0.3 is 23.7 Å². The van der Waals surface area contributed by atoms with Crippen molar-refractivity contribution in [3.8, 4) is 5.75 Å². The number of halogens is 1. The minimum absolute atomic E-state index is 0.0328. The van der Waals surface area contributed by atoms with Gasteiger partial charge in [0.2, 0.25) is 0 Å². The average Bonchev–Trinajstić information content (AvgIpc) is 2.97. The largest absolute Gasteiger partial charge is 0.497 e. The highest BCUT2D eigenvalue weighted by atomic mass is 127. The highest BCUT2D eigenvalue weighted by Gasteiger charge is 2.39. The number of hydrogen-bond donors (Lipinski definition) is 1. The van der Waals surface area contributed by atoms with Gasteiger partial charge in [-0.1, -0.05) is 116 Å². The molecule has 0 fully saturated rings. The Kier molecular flexibility index (Phi) is 18.5. The standard InChI is InChI=1S/C38H61IO5Si/c1-27(14-19-35(40)32(6)37(42-11)31(5)25-39)22-29(3)23-30(4)36(44-45(12,13)38(7,8)9)24-28(2)20-21-43-26-33-15-17-34(41-10)18-16-33/h14-19,22-25,30,32,35-37,40H,20-21,26H2,1-13H3/b19-14+,27-22-,28-24+,29-23-,31-25+/t30-,32-,35+,36+,37+/m0/s1. The minimum Gasteiger partial charge on any atom is -0.497 e. The van der Waals surface area contributed by atoms with Gasteiger partial charge in [-0.25, -0.2) is 0 Å². The molecule has 0 bridgehead atoms. The smallest absolute Gasteiger partial charge is 0.192 e. The monoisotopic (exact) mass is 752 g/mol. The second-order valence-electron chi connectivity index (χ2n) is 13.9. The molecule has 0 saturated carbocycles. The van der Waals surface area contributed by atoms with Gasteiger partial charge in [0, 0.05) is 18.9 Å². The van der Waals surface area contributed by atoms with Crippen LogP contribution in [0.25, 0.3) is 0 Å². The number of methoxy groups -OCH3 is 2. The van der Waals surface area contributed by atoms with Crippen LogP contribution in [0, 0.1) is 11.8 Å². The van der Waals surface area contributed by atoms with Crippen molar-refractivity contribution < 1.29 is 23.7 Å². The summed E-state index contributed by atoms with van der Waals surface area (Å²) in [5.74, 6) is 0.974. The van der Waals surface area contributed by atoms with Crippen molar-refractivity contribution >= 4 is 30.9 Å². The molecule has 5 atom stereocenters. The van der Waals surface area contributed by atoms with E-state index in [1.807, 2.05) is 54.3 Å². The first-order valence-electron chi connectivity index (χ1n) is 16.0. The number of allylic oxidation sites excluding steroid dienone is 4. The lowest BCUT2D eigenvalue weighted by Crippen LogP contribution is -2.45. The fourth-order valence-corrected chi connectivity index (χ4v) is 6.44. The van der Waals surface area contributed by atoms with E-state index >= 15 is 0 Å². The summed E-state index contributed by atoms with van der Waals surface area (Å²) < 4.78 is 25.9. The van der Waals surface area contributed by atoms with Gasteiger partial charge in [0.25, 0.3) is 0 Å². The molecule has 45 heavy (non-hydrogen) atoms. The maximum atomic E-state index is 10.8. The van der Waals surface area contributed by atoms with E-state index in [4.69, 9.17) is 18.6 Å². The predicted molar refractivity (Wildman–Crippen MR) is 203 cm³/mol. The van der Waals surface area contributed by atoms with Crippen LogP contribution < -0.4 is 4.74 Å². The summed E-state index contributed by atoms with van der Waals surface area (Å²) in [6.45, 7) is 25.4. The molecular formula is C38H61IO5Si. The molecule has 1 N–H and O–H groups in total. The third-order valence-electron chi connectivity index (χ3n) is 8.70. The van der Waals surface area contributed by atoms with Gasteiger partial charge >= 0.3 is 0 Å². The van der Waals surface area contributed by atoms with Gasteiger partial charge in [0.1, 0.15) is 5.75 Å². The molecule has 0 amide bonds. The van der Waals surface area contributed by atoms with Crippen LogP contribution in [0.2, 0.25) is 18.1 Å². The first-order chi connectivity index (χ1) is 20.9. The second-order valence-corrected chi connectivity index (χ2v) is 19.3. The van der Waals surface area contributed by atoms with Gasteiger partial charge in [-0.2, -0.15) is 0 Å². The maximum Gasteiger partial charge on any atom is 0.192 e. The van der Waals surface area contributed by atoms with E-state index in [9.17, 15) is 5.11 Å². The van der Waals surface area contributed by atoms with E-state index in [2.05, 4.69) is 102 Å². The molecule has 254 valence electrons. The van der Waals surface area contributed by atoms with Crippen molar-refractivity contribution in [1.29, 1.82) is 0 Å². The summed E-state index contributed by atoms with van der Waals surface area (Å²) >= 11 is 2.22. The number of hydrogen-bond acceptors (Lipinski definition) is 5. The first-order valence-corrected chi connectivity index (χ1v) is 20.2. The number of aliphatic hydroxyl groups is 1. The van der Waals surface area contributed by atoms with Crippen molar-refractivity contribution in [2.24, 2.45) is 11.8 Å². The Morgan fingerprint density at radius 3 is 2.13 bits per heavy atom. The molecule has 0 aromatic heterocycles. The molecule has 0 unspecified atom stereocenters.